The second-order valence-corrected chi connectivity index (χ2v) is 4.08. The van der Waals surface area contributed by atoms with Gasteiger partial charge in [0.15, 0.2) is 6.10 Å². The van der Waals surface area contributed by atoms with Gasteiger partial charge in [0.05, 0.1) is 6.61 Å². The van der Waals surface area contributed by atoms with Gasteiger partial charge in [0, 0.05) is 6.42 Å². The van der Waals surface area contributed by atoms with Gasteiger partial charge in [0.25, 0.3) is 0 Å². The molecule has 0 spiro atoms. The third-order valence-corrected chi connectivity index (χ3v) is 2.38. The Hall–Kier alpha value is -1.44. The van der Waals surface area contributed by atoms with Crippen molar-refractivity contribution >= 4 is 0 Å². The summed E-state index contributed by atoms with van der Waals surface area (Å²) in [6.45, 7) is -0.194. The van der Waals surface area contributed by atoms with Crippen molar-refractivity contribution in [3.05, 3.63) is 29.8 Å². The third kappa shape index (κ3) is 5.68. The van der Waals surface area contributed by atoms with Gasteiger partial charge in [-0.2, -0.15) is 26.3 Å². The van der Waals surface area contributed by atoms with Crippen LogP contribution in [0.15, 0.2) is 24.3 Å². The van der Waals surface area contributed by atoms with Gasteiger partial charge >= 0.3 is 12.4 Å². The summed E-state index contributed by atoms with van der Waals surface area (Å²) >= 11 is 0. The van der Waals surface area contributed by atoms with Gasteiger partial charge in [0.2, 0.25) is 0 Å². The molecule has 20 heavy (non-hydrogen) atoms. The van der Waals surface area contributed by atoms with E-state index in [1.165, 1.54) is 0 Å². The maximum absolute atomic E-state index is 12.2. The molecule has 0 heterocycles. The number of aliphatic hydroxyl groups is 1. The predicted octanol–water partition coefficient (Wildman–Crippen LogP) is 4.00. The van der Waals surface area contributed by atoms with Crippen LogP contribution in [0.2, 0.25) is 0 Å². The van der Waals surface area contributed by atoms with Crippen molar-refractivity contribution in [1.82, 2.24) is 0 Å². The zero-order valence-electron chi connectivity index (χ0n) is 10.1. The van der Waals surface area contributed by atoms with E-state index in [9.17, 15) is 26.3 Å². The van der Waals surface area contributed by atoms with Crippen LogP contribution in [0.25, 0.3) is 0 Å². The van der Waals surface area contributed by atoms with Crippen LogP contribution in [0.4, 0.5) is 26.3 Å². The van der Waals surface area contributed by atoms with Crippen molar-refractivity contribution in [2.75, 3.05) is 6.61 Å². The summed E-state index contributed by atoms with van der Waals surface area (Å²) in [6, 6.07) is 4.35. The Bertz CT molecular complexity index is 409. The van der Waals surface area contributed by atoms with Gasteiger partial charge in [-0.25, -0.2) is 0 Å². The number of alkyl halides is 6. The topological polar surface area (TPSA) is 29.5 Å². The molecule has 8 heteroatoms. The van der Waals surface area contributed by atoms with E-state index in [0.717, 1.165) is 24.3 Å². The average Bonchev–Trinajstić information content (AvgIpc) is 2.32. The van der Waals surface area contributed by atoms with Crippen molar-refractivity contribution in [3.8, 4) is 5.75 Å². The van der Waals surface area contributed by atoms with E-state index in [-0.39, 0.29) is 24.3 Å². The van der Waals surface area contributed by atoms with Crippen LogP contribution in [-0.4, -0.2) is 24.1 Å². The van der Waals surface area contributed by atoms with Gasteiger partial charge < -0.3 is 9.84 Å². The van der Waals surface area contributed by atoms with Crippen LogP contribution >= 0.6 is 0 Å². The molecule has 0 bridgehead atoms. The van der Waals surface area contributed by atoms with E-state index >= 15 is 0 Å². The summed E-state index contributed by atoms with van der Waals surface area (Å²) in [5.41, 5.74) is -0.361. The highest BCUT2D eigenvalue weighted by Gasteiger charge is 2.39. The molecule has 0 unspecified atom stereocenters. The maximum atomic E-state index is 12.2. The quantitative estimate of drug-likeness (QED) is 0.658. The first-order valence-electron chi connectivity index (χ1n) is 5.64. The van der Waals surface area contributed by atoms with Crippen LogP contribution in [0.3, 0.4) is 0 Å². The second kappa shape index (κ2) is 6.34. The number of rotatable bonds is 5. The minimum Gasteiger partial charge on any atom is -0.494 e. The number of hydrogen-bond donors (Lipinski definition) is 1. The molecule has 2 nitrogen and oxygen atoms in total. The first-order valence-corrected chi connectivity index (χ1v) is 5.64. The molecule has 0 aliphatic rings. The molecule has 114 valence electrons. The van der Waals surface area contributed by atoms with Gasteiger partial charge in [0.1, 0.15) is 5.75 Å². The van der Waals surface area contributed by atoms with Crippen molar-refractivity contribution in [1.29, 1.82) is 0 Å². The molecule has 0 aliphatic carbocycles. The smallest absolute Gasteiger partial charge is 0.418 e. The molecule has 0 saturated carbocycles. The van der Waals surface area contributed by atoms with Crippen LogP contribution in [-0.2, 0) is 0 Å². The Morgan fingerprint density at radius 1 is 1.00 bits per heavy atom. The van der Waals surface area contributed by atoms with E-state index in [4.69, 9.17) is 9.84 Å². The molecule has 0 radical (unpaired) electrons. The molecule has 1 N–H and O–H groups in total. The largest absolute Gasteiger partial charge is 0.494 e. The molecule has 0 aliphatic heterocycles. The van der Waals surface area contributed by atoms with Crippen LogP contribution in [0.1, 0.15) is 24.5 Å². The Kier molecular flexibility index (Phi) is 5.27. The minimum atomic E-state index is -4.77. The van der Waals surface area contributed by atoms with Crippen LogP contribution in [0, 0.1) is 0 Å². The lowest BCUT2D eigenvalue weighted by Gasteiger charge is -2.15. The lowest BCUT2D eigenvalue weighted by Crippen LogP contribution is -2.20. The summed E-state index contributed by atoms with van der Waals surface area (Å²) in [6.07, 6.45) is -12.9. The van der Waals surface area contributed by atoms with Crippen molar-refractivity contribution in [2.45, 2.75) is 31.3 Å². The SMILES string of the molecule is O[C@H](c1ccc(OCCCC(F)(F)F)cc1)C(F)(F)F. The molecule has 0 saturated heterocycles. The highest BCUT2D eigenvalue weighted by atomic mass is 19.4. The fourth-order valence-corrected chi connectivity index (χ4v) is 1.40. The summed E-state index contributed by atoms with van der Waals surface area (Å²) in [4.78, 5) is 0. The van der Waals surface area contributed by atoms with Gasteiger partial charge in [-0.1, -0.05) is 12.1 Å². The highest BCUT2D eigenvalue weighted by Crippen LogP contribution is 2.33. The monoisotopic (exact) mass is 302 g/mol. The third-order valence-electron chi connectivity index (χ3n) is 2.38. The van der Waals surface area contributed by atoms with Crippen LogP contribution in [0.5, 0.6) is 5.75 Å². The lowest BCUT2D eigenvalue weighted by molar-refractivity contribution is -0.206. The number of halogens is 6. The Morgan fingerprint density at radius 3 is 2.00 bits per heavy atom. The number of benzene rings is 1. The first kappa shape index (κ1) is 16.6. The molecule has 0 fully saturated rings. The van der Waals surface area contributed by atoms with Crippen molar-refractivity contribution in [3.63, 3.8) is 0 Å². The summed E-state index contributed by atoms with van der Waals surface area (Å²) in [5.74, 6) is 0.144. The normalized spacial score (nSPS) is 14.2. The molecule has 1 aromatic rings. The fourth-order valence-electron chi connectivity index (χ4n) is 1.40. The molecule has 0 amide bonds. The number of ether oxygens (including phenoxy) is 1. The second-order valence-electron chi connectivity index (χ2n) is 4.08. The number of hydrogen-bond acceptors (Lipinski definition) is 2. The predicted molar refractivity (Wildman–Crippen MR) is 58.2 cm³/mol. The lowest BCUT2D eigenvalue weighted by atomic mass is 10.1. The molecule has 1 atom stereocenters. The minimum absolute atomic E-state index is 0.144. The average molecular weight is 302 g/mol. The van der Waals surface area contributed by atoms with Gasteiger partial charge in [-0.3, -0.25) is 0 Å². The fraction of sp³-hybridized carbons (Fsp3) is 0.500. The summed E-state index contributed by atoms with van der Waals surface area (Å²) in [7, 11) is 0. The zero-order chi connectivity index (χ0) is 15.4. The Morgan fingerprint density at radius 2 is 1.55 bits per heavy atom. The van der Waals surface area contributed by atoms with E-state index in [1.807, 2.05) is 0 Å². The molecule has 1 aromatic carbocycles. The van der Waals surface area contributed by atoms with Crippen molar-refractivity contribution < 1.29 is 36.2 Å². The van der Waals surface area contributed by atoms with E-state index in [2.05, 4.69) is 0 Å². The summed E-state index contributed by atoms with van der Waals surface area (Å²) < 4.78 is 77.1. The molecule has 0 aromatic heterocycles. The van der Waals surface area contributed by atoms with Crippen molar-refractivity contribution in [2.24, 2.45) is 0 Å². The van der Waals surface area contributed by atoms with Gasteiger partial charge in [-0.05, 0) is 24.1 Å². The molecule has 1 rings (SSSR count). The van der Waals surface area contributed by atoms with E-state index in [0.29, 0.717) is 0 Å². The Balaban J connectivity index is 2.47. The Labute approximate surface area is 111 Å². The van der Waals surface area contributed by atoms with Crippen LogP contribution < -0.4 is 4.74 Å². The molecular weight excluding hydrogens is 290 g/mol. The summed E-state index contributed by atoms with van der Waals surface area (Å²) in [5, 5.41) is 8.96. The highest BCUT2D eigenvalue weighted by molar-refractivity contribution is 5.29. The standard InChI is InChI=1S/C12H12F6O2/c13-11(14,15)6-1-7-20-9-4-2-8(3-5-9)10(19)12(16,17)18/h2-5,10,19H,1,6-7H2/t10-/m1/s1. The zero-order valence-corrected chi connectivity index (χ0v) is 10.1. The van der Waals surface area contributed by atoms with E-state index < -0.39 is 24.9 Å². The van der Waals surface area contributed by atoms with Gasteiger partial charge in [-0.15, -0.1) is 0 Å². The first-order chi connectivity index (χ1) is 9.09. The molecular formula is C12H12F6O2. The van der Waals surface area contributed by atoms with E-state index in [1.54, 1.807) is 0 Å². The number of aliphatic hydroxyl groups excluding tert-OH is 1. The maximum Gasteiger partial charge on any atom is 0.418 e.